The maximum Gasteiger partial charge on any atom is 0.417 e. The average Bonchev–Trinajstić information content (AvgIpc) is 3.51. The van der Waals surface area contributed by atoms with E-state index in [0.717, 1.165) is 12.3 Å². The van der Waals surface area contributed by atoms with Crippen molar-refractivity contribution in [3.05, 3.63) is 65.9 Å². The highest BCUT2D eigenvalue weighted by Crippen LogP contribution is 2.39. The average molecular weight is 456 g/mol. The molecule has 0 bridgehead atoms. The number of halogens is 3. The van der Waals surface area contributed by atoms with E-state index in [1.807, 2.05) is 6.07 Å². The van der Waals surface area contributed by atoms with Gasteiger partial charge in [-0.25, -0.2) is 13.4 Å². The molecule has 2 aliphatic carbocycles. The molecule has 3 aromatic rings. The van der Waals surface area contributed by atoms with Crippen LogP contribution in [0.2, 0.25) is 0 Å². The quantitative estimate of drug-likeness (QED) is 0.591. The number of aromatic nitrogens is 2. The topological polar surface area (TPSA) is 87.8 Å². The van der Waals surface area contributed by atoms with E-state index in [2.05, 4.69) is 9.71 Å². The molecular formula is C22H15F3N4O2S. The highest BCUT2D eigenvalue weighted by atomic mass is 32.2. The van der Waals surface area contributed by atoms with E-state index in [-0.39, 0.29) is 21.8 Å². The van der Waals surface area contributed by atoms with Crippen LogP contribution >= 0.6 is 0 Å². The third kappa shape index (κ3) is 3.35. The zero-order valence-electron chi connectivity index (χ0n) is 16.4. The fourth-order valence-corrected chi connectivity index (χ4v) is 5.00. The van der Waals surface area contributed by atoms with Gasteiger partial charge in [0, 0.05) is 28.5 Å². The summed E-state index contributed by atoms with van der Waals surface area (Å²) in [7, 11) is -3.43. The second kappa shape index (κ2) is 6.97. The predicted molar refractivity (Wildman–Crippen MR) is 114 cm³/mol. The van der Waals surface area contributed by atoms with Gasteiger partial charge in [-0.05, 0) is 43.2 Å². The summed E-state index contributed by atoms with van der Waals surface area (Å²) in [6.07, 6.45) is 2.73. The lowest BCUT2D eigenvalue weighted by atomic mass is 10.0. The normalized spacial score (nSPS) is 15.9. The Morgan fingerprint density at radius 1 is 1.19 bits per heavy atom. The van der Waals surface area contributed by atoms with Gasteiger partial charge >= 0.3 is 6.18 Å². The number of pyridine rings is 1. The Labute approximate surface area is 181 Å². The van der Waals surface area contributed by atoms with Crippen molar-refractivity contribution in [2.45, 2.75) is 24.3 Å². The lowest BCUT2D eigenvalue weighted by molar-refractivity contribution is -0.137. The number of alkyl halides is 3. The number of sulfonamides is 1. The van der Waals surface area contributed by atoms with Crippen LogP contribution in [0.15, 0.2) is 54.8 Å². The van der Waals surface area contributed by atoms with Crippen LogP contribution in [0.4, 0.5) is 18.9 Å². The summed E-state index contributed by atoms with van der Waals surface area (Å²) in [5.41, 5.74) is 1.35. The molecule has 2 heterocycles. The van der Waals surface area contributed by atoms with E-state index in [0.29, 0.717) is 35.5 Å². The number of fused-ring (bicyclic) bond motifs is 1. The number of allylic oxidation sites excluding steroid dienone is 4. The maximum absolute atomic E-state index is 13.3. The Hall–Kier alpha value is -3.58. The van der Waals surface area contributed by atoms with Gasteiger partial charge in [0.25, 0.3) is 0 Å². The van der Waals surface area contributed by atoms with Crippen molar-refractivity contribution in [2.75, 3.05) is 4.72 Å². The SMILES string of the molecule is N#Cc1c(-c2ccc(NS(=O)(=O)C3CC3)cc2)n(C2=CC=C2)c2ncc(C(F)(F)F)cc12. The molecule has 32 heavy (non-hydrogen) atoms. The summed E-state index contributed by atoms with van der Waals surface area (Å²) in [5, 5.41) is 9.55. The first-order valence-electron chi connectivity index (χ1n) is 9.71. The van der Waals surface area contributed by atoms with Crippen LogP contribution in [0.3, 0.4) is 0 Å². The number of nitriles is 1. The van der Waals surface area contributed by atoms with E-state index >= 15 is 0 Å². The highest BCUT2D eigenvalue weighted by molar-refractivity contribution is 7.93. The number of anilines is 1. The van der Waals surface area contributed by atoms with Crippen LogP contribution in [0.5, 0.6) is 0 Å². The van der Waals surface area contributed by atoms with Crippen LogP contribution in [0.1, 0.15) is 24.0 Å². The Balaban J connectivity index is 1.65. The number of hydrogen-bond acceptors (Lipinski definition) is 4. The third-order valence-corrected chi connectivity index (χ3v) is 7.29. The number of nitrogens with zero attached hydrogens (tertiary/aromatic N) is 3. The molecule has 1 N–H and O–H groups in total. The van der Waals surface area contributed by atoms with Gasteiger partial charge in [0.1, 0.15) is 11.7 Å². The molecule has 0 unspecified atom stereocenters. The van der Waals surface area contributed by atoms with Gasteiger partial charge in [-0.15, -0.1) is 0 Å². The van der Waals surface area contributed by atoms with E-state index in [9.17, 15) is 26.9 Å². The van der Waals surface area contributed by atoms with Gasteiger partial charge in [-0.2, -0.15) is 18.4 Å². The Bertz CT molecular complexity index is 1460. The van der Waals surface area contributed by atoms with E-state index in [4.69, 9.17) is 0 Å². The molecule has 0 spiro atoms. The second-order valence-electron chi connectivity index (χ2n) is 7.64. The summed E-state index contributed by atoms with van der Waals surface area (Å²) < 4.78 is 68.3. The zero-order chi connectivity index (χ0) is 22.7. The Morgan fingerprint density at radius 2 is 1.88 bits per heavy atom. The van der Waals surface area contributed by atoms with Crippen LogP contribution in [-0.2, 0) is 16.2 Å². The van der Waals surface area contributed by atoms with E-state index in [1.54, 1.807) is 47.1 Å². The standard InChI is InChI=1S/C22H15F3N4O2S/c23-22(24,25)14-10-18-19(11-26)20(29(16-2-1-3-16)21(18)27-12-14)13-4-6-15(7-5-13)28-32(30,31)17-8-9-17/h1-7,10,12,17,28H,8-9H2. The molecule has 1 fully saturated rings. The van der Waals surface area contributed by atoms with Crippen LogP contribution in [0.25, 0.3) is 28.0 Å². The van der Waals surface area contributed by atoms with Crippen molar-refractivity contribution in [1.29, 1.82) is 5.26 Å². The Morgan fingerprint density at radius 3 is 2.41 bits per heavy atom. The lowest BCUT2D eigenvalue weighted by Gasteiger charge is -2.15. The minimum Gasteiger partial charge on any atom is -0.293 e. The van der Waals surface area contributed by atoms with Crippen molar-refractivity contribution >= 4 is 32.4 Å². The van der Waals surface area contributed by atoms with Gasteiger partial charge < -0.3 is 0 Å². The molecule has 5 rings (SSSR count). The first-order valence-corrected chi connectivity index (χ1v) is 11.3. The molecular weight excluding hydrogens is 441 g/mol. The van der Waals surface area contributed by atoms with Crippen molar-refractivity contribution in [1.82, 2.24) is 9.55 Å². The van der Waals surface area contributed by atoms with Gasteiger partial charge in [-0.1, -0.05) is 18.2 Å². The van der Waals surface area contributed by atoms with E-state index in [1.165, 1.54) is 0 Å². The minimum atomic E-state index is -4.59. The number of hydrogen-bond donors (Lipinski definition) is 1. The van der Waals surface area contributed by atoms with Gasteiger partial charge in [0.15, 0.2) is 0 Å². The molecule has 2 aliphatic rings. The van der Waals surface area contributed by atoms with Crippen LogP contribution in [0, 0.1) is 11.3 Å². The molecule has 0 amide bonds. The summed E-state index contributed by atoms with van der Waals surface area (Å²) >= 11 is 0. The fraction of sp³-hybridized carbons (Fsp3) is 0.182. The summed E-state index contributed by atoms with van der Waals surface area (Å²) in [6.45, 7) is 0. The molecule has 6 nitrogen and oxygen atoms in total. The summed E-state index contributed by atoms with van der Waals surface area (Å²) in [5.74, 6) is 0. The van der Waals surface area contributed by atoms with Gasteiger partial charge in [0.2, 0.25) is 10.0 Å². The second-order valence-corrected chi connectivity index (χ2v) is 9.60. The first kappa shape index (κ1) is 20.3. The molecule has 0 atom stereocenters. The van der Waals surface area contributed by atoms with Crippen molar-refractivity contribution in [3.63, 3.8) is 0 Å². The zero-order valence-corrected chi connectivity index (χ0v) is 17.2. The predicted octanol–water partition coefficient (Wildman–Crippen LogP) is 4.91. The first-order chi connectivity index (χ1) is 15.2. The summed E-state index contributed by atoms with van der Waals surface area (Å²) in [6, 6.07) is 9.35. The molecule has 1 saturated carbocycles. The van der Waals surface area contributed by atoms with Crippen LogP contribution in [-0.4, -0.2) is 23.2 Å². The monoisotopic (exact) mass is 456 g/mol. The van der Waals surface area contributed by atoms with Gasteiger partial charge in [0.05, 0.1) is 22.1 Å². The lowest BCUT2D eigenvalue weighted by Crippen LogP contribution is -2.17. The van der Waals surface area contributed by atoms with E-state index < -0.39 is 21.8 Å². The molecule has 0 radical (unpaired) electrons. The minimum absolute atomic E-state index is 0.0612. The Kier molecular flexibility index (Phi) is 4.43. The fourth-order valence-electron chi connectivity index (χ4n) is 3.61. The molecule has 2 aromatic heterocycles. The van der Waals surface area contributed by atoms with Crippen molar-refractivity contribution in [3.8, 4) is 17.3 Å². The molecule has 1 aromatic carbocycles. The third-order valence-electron chi connectivity index (χ3n) is 5.42. The van der Waals surface area contributed by atoms with Crippen molar-refractivity contribution < 1.29 is 21.6 Å². The maximum atomic E-state index is 13.3. The number of rotatable bonds is 5. The largest absolute Gasteiger partial charge is 0.417 e. The van der Waals surface area contributed by atoms with Gasteiger partial charge in [-0.3, -0.25) is 9.29 Å². The van der Waals surface area contributed by atoms with Crippen LogP contribution < -0.4 is 4.72 Å². The molecule has 0 saturated heterocycles. The molecule has 0 aliphatic heterocycles. The number of benzene rings is 1. The molecule has 162 valence electrons. The molecule has 10 heteroatoms. The summed E-state index contributed by atoms with van der Waals surface area (Å²) in [4.78, 5) is 4.02. The van der Waals surface area contributed by atoms with Crippen molar-refractivity contribution in [2.24, 2.45) is 0 Å². The number of nitrogens with one attached hydrogen (secondary N) is 1. The highest BCUT2D eigenvalue weighted by Gasteiger charge is 2.36. The smallest absolute Gasteiger partial charge is 0.293 e.